The van der Waals surface area contributed by atoms with E-state index in [0.29, 0.717) is 0 Å². The number of nitrogens with two attached hydrogens (primary N) is 1. The van der Waals surface area contributed by atoms with E-state index >= 15 is 0 Å². The zero-order chi connectivity index (χ0) is 9.68. The Kier molecular flexibility index (Phi) is 3.32. The molecule has 1 aliphatic carbocycles. The van der Waals surface area contributed by atoms with Crippen LogP contribution in [-0.2, 0) is 0 Å². The van der Waals surface area contributed by atoms with Crippen molar-refractivity contribution in [3.05, 3.63) is 59.4 Å². The Labute approximate surface area is 79.6 Å². The molecule has 0 saturated carbocycles. The van der Waals surface area contributed by atoms with Gasteiger partial charge in [0.25, 0.3) is 0 Å². The van der Waals surface area contributed by atoms with E-state index in [1.165, 1.54) is 5.57 Å². The molecule has 13 heavy (non-hydrogen) atoms. The van der Waals surface area contributed by atoms with Crippen molar-refractivity contribution >= 4 is 0 Å². The van der Waals surface area contributed by atoms with Crippen molar-refractivity contribution in [2.45, 2.75) is 13.8 Å². The number of hydrogen-bond acceptors (Lipinski definition) is 1. The second kappa shape index (κ2) is 4.51. The molecule has 0 amide bonds. The summed E-state index contributed by atoms with van der Waals surface area (Å²) in [4.78, 5) is 0. The molecule has 1 aliphatic rings. The van der Waals surface area contributed by atoms with E-state index in [9.17, 15) is 0 Å². The van der Waals surface area contributed by atoms with Crippen LogP contribution in [0.2, 0.25) is 0 Å². The molecule has 1 heteroatoms. The Morgan fingerprint density at radius 1 is 1.23 bits per heavy atom. The van der Waals surface area contributed by atoms with E-state index in [2.05, 4.69) is 26.0 Å². The van der Waals surface area contributed by atoms with Crippen molar-refractivity contribution in [1.29, 1.82) is 0 Å². The number of allylic oxidation sites excluding steroid dienone is 9. The summed E-state index contributed by atoms with van der Waals surface area (Å²) in [5, 5.41) is 0. The van der Waals surface area contributed by atoms with Gasteiger partial charge < -0.3 is 5.73 Å². The normalized spacial score (nSPS) is 18.3. The van der Waals surface area contributed by atoms with Gasteiger partial charge >= 0.3 is 0 Å². The average Bonchev–Trinajstić information content (AvgIpc) is 2.28. The number of rotatable bonds is 1. The summed E-state index contributed by atoms with van der Waals surface area (Å²) in [6.45, 7) is 4.15. The largest absolute Gasteiger partial charge is 0.404 e. The van der Waals surface area contributed by atoms with Gasteiger partial charge in [0.2, 0.25) is 0 Å². The monoisotopic (exact) mass is 173 g/mol. The van der Waals surface area contributed by atoms with E-state index < -0.39 is 0 Å². The van der Waals surface area contributed by atoms with Crippen LogP contribution in [0.4, 0.5) is 0 Å². The second-order valence-corrected chi connectivity index (χ2v) is 3.21. The van der Waals surface area contributed by atoms with E-state index in [-0.39, 0.29) is 0 Å². The van der Waals surface area contributed by atoms with Gasteiger partial charge in [-0.3, -0.25) is 0 Å². The lowest BCUT2D eigenvalue weighted by Crippen LogP contribution is -1.89. The van der Waals surface area contributed by atoms with Gasteiger partial charge in [-0.25, -0.2) is 0 Å². The van der Waals surface area contributed by atoms with Crippen LogP contribution >= 0.6 is 0 Å². The topological polar surface area (TPSA) is 26.0 Å². The molecule has 0 atom stereocenters. The van der Waals surface area contributed by atoms with Crippen molar-refractivity contribution in [3.63, 3.8) is 0 Å². The first-order valence-electron chi connectivity index (χ1n) is 4.36. The van der Waals surface area contributed by atoms with E-state index in [0.717, 1.165) is 11.1 Å². The molecule has 0 unspecified atom stereocenters. The Bertz CT molecular complexity index is 321. The highest BCUT2D eigenvalue weighted by Crippen LogP contribution is 2.16. The molecule has 0 saturated heterocycles. The standard InChI is InChI=1S/C12H15N/c1-10(2)8-11-6-4-3-5-7-12(11)9-13/h3-9H,13H2,1-2H3/b12-9-. The molecule has 0 aliphatic heterocycles. The minimum absolute atomic E-state index is 1.06. The summed E-state index contributed by atoms with van der Waals surface area (Å²) in [6, 6.07) is 0. The van der Waals surface area contributed by atoms with Gasteiger partial charge in [0.15, 0.2) is 0 Å². The maximum Gasteiger partial charge on any atom is 0.00175 e. The van der Waals surface area contributed by atoms with Gasteiger partial charge in [0.1, 0.15) is 0 Å². The summed E-state index contributed by atoms with van der Waals surface area (Å²) < 4.78 is 0. The number of hydrogen-bond donors (Lipinski definition) is 1. The first-order valence-corrected chi connectivity index (χ1v) is 4.36. The zero-order valence-corrected chi connectivity index (χ0v) is 8.12. The van der Waals surface area contributed by atoms with Crippen LogP contribution in [0.3, 0.4) is 0 Å². The van der Waals surface area contributed by atoms with Crippen LogP contribution in [0, 0.1) is 0 Å². The summed E-state index contributed by atoms with van der Waals surface area (Å²) in [5.74, 6) is 0. The fraction of sp³-hybridized carbons (Fsp3) is 0.167. The van der Waals surface area contributed by atoms with Crippen molar-refractivity contribution in [3.8, 4) is 0 Å². The van der Waals surface area contributed by atoms with Crippen LogP contribution in [0.15, 0.2) is 59.4 Å². The molecule has 0 fully saturated rings. The van der Waals surface area contributed by atoms with Crippen LogP contribution in [0.1, 0.15) is 13.8 Å². The molecule has 1 nitrogen and oxygen atoms in total. The molecule has 0 radical (unpaired) electrons. The van der Waals surface area contributed by atoms with Crippen molar-refractivity contribution in [1.82, 2.24) is 0 Å². The Morgan fingerprint density at radius 2 is 2.00 bits per heavy atom. The highest BCUT2D eigenvalue weighted by atomic mass is 14.5. The predicted octanol–water partition coefficient (Wildman–Crippen LogP) is 2.85. The molecular weight excluding hydrogens is 158 g/mol. The quantitative estimate of drug-likeness (QED) is 0.648. The maximum absolute atomic E-state index is 5.53. The van der Waals surface area contributed by atoms with Crippen LogP contribution in [-0.4, -0.2) is 0 Å². The minimum Gasteiger partial charge on any atom is -0.404 e. The average molecular weight is 173 g/mol. The molecule has 0 heterocycles. The Hall–Kier alpha value is -1.50. The van der Waals surface area contributed by atoms with Gasteiger partial charge in [0.05, 0.1) is 0 Å². The highest BCUT2D eigenvalue weighted by Gasteiger charge is 1.98. The van der Waals surface area contributed by atoms with Gasteiger partial charge in [-0.2, -0.15) is 0 Å². The molecule has 0 aromatic rings. The third kappa shape index (κ3) is 2.79. The fourth-order valence-electron chi connectivity index (χ4n) is 1.17. The maximum atomic E-state index is 5.53. The van der Waals surface area contributed by atoms with Gasteiger partial charge in [-0.05, 0) is 25.0 Å². The smallest absolute Gasteiger partial charge is 0.00175 e. The van der Waals surface area contributed by atoms with Crippen molar-refractivity contribution in [2.24, 2.45) is 5.73 Å². The lowest BCUT2D eigenvalue weighted by Gasteiger charge is -2.01. The van der Waals surface area contributed by atoms with Gasteiger partial charge in [-0.1, -0.05) is 42.0 Å². The Balaban J connectivity index is 3.05. The predicted molar refractivity (Wildman–Crippen MR) is 58.1 cm³/mol. The summed E-state index contributed by atoms with van der Waals surface area (Å²) in [7, 11) is 0. The van der Waals surface area contributed by atoms with Gasteiger partial charge in [-0.15, -0.1) is 0 Å². The molecule has 0 bridgehead atoms. The highest BCUT2D eigenvalue weighted by molar-refractivity contribution is 5.50. The van der Waals surface area contributed by atoms with E-state index in [1.807, 2.05) is 24.3 Å². The third-order valence-corrected chi connectivity index (χ3v) is 1.73. The van der Waals surface area contributed by atoms with Crippen molar-refractivity contribution < 1.29 is 0 Å². The lowest BCUT2D eigenvalue weighted by molar-refractivity contribution is 1.35. The molecule has 0 aromatic heterocycles. The van der Waals surface area contributed by atoms with Crippen LogP contribution in [0.25, 0.3) is 0 Å². The second-order valence-electron chi connectivity index (χ2n) is 3.21. The molecule has 0 spiro atoms. The molecule has 1 rings (SSSR count). The van der Waals surface area contributed by atoms with Gasteiger partial charge in [0, 0.05) is 6.20 Å². The van der Waals surface area contributed by atoms with E-state index in [1.54, 1.807) is 6.20 Å². The summed E-state index contributed by atoms with van der Waals surface area (Å²) >= 11 is 0. The molecule has 68 valence electrons. The molecule has 2 N–H and O–H groups in total. The molecular formula is C12H15N. The fourth-order valence-corrected chi connectivity index (χ4v) is 1.17. The lowest BCUT2D eigenvalue weighted by atomic mass is 10.0. The molecule has 0 aromatic carbocycles. The third-order valence-electron chi connectivity index (χ3n) is 1.73. The zero-order valence-electron chi connectivity index (χ0n) is 8.12. The van der Waals surface area contributed by atoms with Crippen LogP contribution < -0.4 is 5.73 Å². The van der Waals surface area contributed by atoms with Crippen molar-refractivity contribution in [2.75, 3.05) is 0 Å². The first-order chi connectivity index (χ1) is 6.24. The SMILES string of the molecule is CC(C)=CC1=CC=CC=C/C1=C/N. The summed E-state index contributed by atoms with van der Waals surface area (Å²) in [6.07, 6.45) is 13.8. The minimum atomic E-state index is 1.06. The first kappa shape index (κ1) is 9.59. The Morgan fingerprint density at radius 3 is 2.62 bits per heavy atom. The van der Waals surface area contributed by atoms with E-state index in [4.69, 9.17) is 5.73 Å². The summed E-state index contributed by atoms with van der Waals surface area (Å²) in [5.41, 5.74) is 9.02. The van der Waals surface area contributed by atoms with Crippen LogP contribution in [0.5, 0.6) is 0 Å².